The molecule has 0 bridgehead atoms. The van der Waals surface area contributed by atoms with E-state index in [1.54, 1.807) is 13.0 Å². The van der Waals surface area contributed by atoms with Crippen LogP contribution in [0.3, 0.4) is 0 Å². The fourth-order valence-corrected chi connectivity index (χ4v) is 3.12. The highest BCUT2D eigenvalue weighted by Crippen LogP contribution is 2.32. The van der Waals surface area contributed by atoms with E-state index >= 15 is 0 Å². The second-order valence-corrected chi connectivity index (χ2v) is 6.56. The minimum absolute atomic E-state index is 0.232. The first kappa shape index (κ1) is 17.9. The summed E-state index contributed by atoms with van der Waals surface area (Å²) in [5.74, 6) is 1.46. The number of hydrogen-bond donors (Lipinski definition) is 1. The lowest BCUT2D eigenvalue weighted by atomic mass is 9.97. The molecule has 25 heavy (non-hydrogen) atoms. The minimum Gasteiger partial charge on any atom is -0.441 e. The number of oxazole rings is 1. The average molecular weight is 353 g/mol. The van der Waals surface area contributed by atoms with Gasteiger partial charge in [0, 0.05) is 12.1 Å². The van der Waals surface area contributed by atoms with Crippen molar-refractivity contribution >= 4 is 0 Å². The fraction of sp³-hybridized carbons (Fsp3) is 0.500. The molecule has 0 unspecified atom stereocenters. The Morgan fingerprint density at radius 2 is 2.00 bits per heavy atom. The summed E-state index contributed by atoms with van der Waals surface area (Å²) in [4.78, 5) is 6.72. The Bertz CT molecular complexity index is 719. The van der Waals surface area contributed by atoms with Crippen LogP contribution in [0.1, 0.15) is 29.9 Å². The zero-order chi connectivity index (χ0) is 18.0. The van der Waals surface area contributed by atoms with Gasteiger partial charge in [-0.1, -0.05) is 6.07 Å². The maximum atomic E-state index is 12.9. The lowest BCUT2D eigenvalue weighted by Crippen LogP contribution is -2.35. The summed E-state index contributed by atoms with van der Waals surface area (Å²) < 4.78 is 44.2. The number of piperidine rings is 1. The quantitative estimate of drug-likeness (QED) is 0.907. The molecule has 2 N–H and O–H groups in total. The maximum absolute atomic E-state index is 12.9. The highest BCUT2D eigenvalue weighted by Gasteiger charge is 2.31. The highest BCUT2D eigenvalue weighted by atomic mass is 19.4. The number of likely N-dealkylation sites (tertiary alicyclic amines) is 1. The Labute approximate surface area is 144 Å². The van der Waals surface area contributed by atoms with Crippen molar-refractivity contribution in [2.24, 2.45) is 11.7 Å². The van der Waals surface area contributed by atoms with Crippen molar-refractivity contribution in [1.82, 2.24) is 9.88 Å². The zero-order valence-electron chi connectivity index (χ0n) is 14.1. The van der Waals surface area contributed by atoms with Gasteiger partial charge in [0.05, 0.1) is 11.3 Å². The van der Waals surface area contributed by atoms with Gasteiger partial charge in [0.25, 0.3) is 0 Å². The smallest absolute Gasteiger partial charge is 0.416 e. The molecule has 0 radical (unpaired) electrons. The number of hydrogen-bond acceptors (Lipinski definition) is 4. The molecule has 0 amide bonds. The largest absolute Gasteiger partial charge is 0.441 e. The molecular weight excluding hydrogens is 331 g/mol. The first-order chi connectivity index (χ1) is 11.9. The maximum Gasteiger partial charge on any atom is 0.416 e. The van der Waals surface area contributed by atoms with E-state index in [4.69, 9.17) is 10.2 Å². The van der Waals surface area contributed by atoms with Gasteiger partial charge in [0.1, 0.15) is 5.76 Å². The number of nitrogens with zero attached hydrogens (tertiary/aromatic N) is 2. The summed E-state index contributed by atoms with van der Waals surface area (Å²) in [7, 11) is 0. The summed E-state index contributed by atoms with van der Waals surface area (Å²) in [5, 5.41) is 0. The molecule has 0 saturated carbocycles. The lowest BCUT2D eigenvalue weighted by Gasteiger charge is -2.30. The summed E-state index contributed by atoms with van der Waals surface area (Å²) in [5.41, 5.74) is 6.12. The van der Waals surface area contributed by atoms with Gasteiger partial charge < -0.3 is 10.2 Å². The summed E-state index contributed by atoms with van der Waals surface area (Å²) in [6.45, 7) is 5.06. The Morgan fingerprint density at radius 1 is 1.28 bits per heavy atom. The minimum atomic E-state index is -4.38. The highest BCUT2D eigenvalue weighted by molar-refractivity contribution is 5.55. The number of halogens is 3. The molecule has 1 aromatic heterocycles. The average Bonchev–Trinajstić information content (AvgIpc) is 2.96. The first-order valence-corrected chi connectivity index (χ1v) is 8.43. The van der Waals surface area contributed by atoms with E-state index in [9.17, 15) is 13.2 Å². The van der Waals surface area contributed by atoms with Crippen LogP contribution in [0.15, 0.2) is 28.7 Å². The molecule has 1 aromatic carbocycles. The molecule has 0 aliphatic carbocycles. The van der Waals surface area contributed by atoms with E-state index in [1.807, 2.05) is 0 Å². The zero-order valence-corrected chi connectivity index (χ0v) is 14.1. The van der Waals surface area contributed by atoms with Gasteiger partial charge in [0.15, 0.2) is 0 Å². The third kappa shape index (κ3) is 4.22. The molecule has 0 atom stereocenters. The van der Waals surface area contributed by atoms with Crippen LogP contribution in [0.4, 0.5) is 13.2 Å². The molecule has 1 saturated heterocycles. The van der Waals surface area contributed by atoms with Gasteiger partial charge in [-0.2, -0.15) is 13.2 Å². The number of benzene rings is 1. The molecular formula is C18H22F3N3O. The Kier molecular flexibility index (Phi) is 5.15. The summed E-state index contributed by atoms with van der Waals surface area (Å²) in [6.07, 6.45) is -2.25. The standard InChI is InChI=1S/C18H22F3N3O/c1-12-16(11-24-7-5-13(10-22)6-8-24)23-17(25-12)14-3-2-4-15(9-14)18(19,20)21/h2-4,9,13H,5-8,10-11,22H2,1H3. The predicted octanol–water partition coefficient (Wildman–Crippen LogP) is 3.84. The van der Waals surface area contributed by atoms with Crippen LogP contribution in [0.5, 0.6) is 0 Å². The molecule has 1 aliphatic rings. The Morgan fingerprint density at radius 3 is 2.64 bits per heavy atom. The van der Waals surface area contributed by atoms with E-state index in [-0.39, 0.29) is 5.89 Å². The van der Waals surface area contributed by atoms with E-state index in [2.05, 4.69) is 9.88 Å². The van der Waals surface area contributed by atoms with Crippen LogP contribution < -0.4 is 5.73 Å². The molecule has 2 aromatic rings. The number of nitrogens with two attached hydrogens (primary N) is 1. The number of alkyl halides is 3. The van der Waals surface area contributed by atoms with Crippen molar-refractivity contribution < 1.29 is 17.6 Å². The summed E-state index contributed by atoms with van der Waals surface area (Å²) in [6, 6.07) is 5.07. The van der Waals surface area contributed by atoms with Crippen molar-refractivity contribution in [2.45, 2.75) is 32.5 Å². The molecule has 136 valence electrons. The van der Waals surface area contributed by atoms with Gasteiger partial charge in [-0.05, 0) is 63.5 Å². The third-order valence-corrected chi connectivity index (χ3v) is 4.74. The predicted molar refractivity (Wildman–Crippen MR) is 88.7 cm³/mol. The molecule has 1 aliphatic heterocycles. The normalized spacial score (nSPS) is 17.2. The van der Waals surface area contributed by atoms with Crippen molar-refractivity contribution in [3.8, 4) is 11.5 Å². The number of aromatic nitrogens is 1. The monoisotopic (exact) mass is 353 g/mol. The van der Waals surface area contributed by atoms with Gasteiger partial charge >= 0.3 is 6.18 Å². The lowest BCUT2D eigenvalue weighted by molar-refractivity contribution is -0.137. The SMILES string of the molecule is Cc1oc(-c2cccc(C(F)(F)F)c2)nc1CN1CCC(CN)CC1. The molecule has 4 nitrogen and oxygen atoms in total. The van der Waals surface area contributed by atoms with Gasteiger partial charge in [-0.15, -0.1) is 0 Å². The van der Waals surface area contributed by atoms with E-state index in [0.717, 1.165) is 50.3 Å². The van der Waals surface area contributed by atoms with Crippen LogP contribution >= 0.6 is 0 Å². The Hall–Kier alpha value is -1.86. The Balaban J connectivity index is 1.75. The second-order valence-electron chi connectivity index (χ2n) is 6.56. The van der Waals surface area contributed by atoms with E-state index in [1.165, 1.54) is 6.07 Å². The third-order valence-electron chi connectivity index (χ3n) is 4.74. The van der Waals surface area contributed by atoms with Crippen molar-refractivity contribution in [1.29, 1.82) is 0 Å². The number of rotatable bonds is 4. The van der Waals surface area contributed by atoms with Crippen molar-refractivity contribution in [3.05, 3.63) is 41.3 Å². The molecule has 2 heterocycles. The first-order valence-electron chi connectivity index (χ1n) is 8.43. The molecule has 1 fully saturated rings. The second kappa shape index (κ2) is 7.17. The van der Waals surface area contributed by atoms with E-state index < -0.39 is 11.7 Å². The fourth-order valence-electron chi connectivity index (χ4n) is 3.12. The van der Waals surface area contributed by atoms with Crippen LogP contribution in [0.2, 0.25) is 0 Å². The van der Waals surface area contributed by atoms with Crippen molar-refractivity contribution in [3.63, 3.8) is 0 Å². The molecule has 7 heteroatoms. The van der Waals surface area contributed by atoms with Crippen molar-refractivity contribution in [2.75, 3.05) is 19.6 Å². The molecule has 3 rings (SSSR count). The topological polar surface area (TPSA) is 55.3 Å². The van der Waals surface area contributed by atoms with Crippen LogP contribution in [-0.4, -0.2) is 29.5 Å². The van der Waals surface area contributed by atoms with Gasteiger partial charge in [-0.3, -0.25) is 4.90 Å². The van der Waals surface area contributed by atoms with E-state index in [0.29, 0.717) is 23.8 Å². The van der Waals surface area contributed by atoms with Gasteiger partial charge in [0.2, 0.25) is 5.89 Å². The van der Waals surface area contributed by atoms with Crippen LogP contribution in [0, 0.1) is 12.8 Å². The summed E-state index contributed by atoms with van der Waals surface area (Å²) >= 11 is 0. The van der Waals surface area contributed by atoms with Crippen LogP contribution in [-0.2, 0) is 12.7 Å². The molecule has 0 spiro atoms. The number of aryl methyl sites for hydroxylation is 1. The van der Waals surface area contributed by atoms with Crippen LogP contribution in [0.25, 0.3) is 11.5 Å². The van der Waals surface area contributed by atoms with Gasteiger partial charge in [-0.25, -0.2) is 4.98 Å².